The summed E-state index contributed by atoms with van der Waals surface area (Å²) in [5.74, 6) is 1.02. The Morgan fingerprint density at radius 3 is 2.50 bits per heavy atom. The molecule has 0 spiro atoms. The Bertz CT molecular complexity index is 3050. The number of rotatable bonds is 3. The molecule has 0 saturated carbocycles. The van der Waals surface area contributed by atoms with Gasteiger partial charge in [-0.25, -0.2) is 9.97 Å². The zero-order chi connectivity index (χ0) is 36.7. The Morgan fingerprint density at radius 2 is 1.50 bits per heavy atom. The maximum absolute atomic E-state index is 6.60. The lowest BCUT2D eigenvalue weighted by Crippen LogP contribution is -2.13. The molecule has 4 nitrogen and oxygen atoms in total. The van der Waals surface area contributed by atoms with Crippen LogP contribution >= 0.6 is 11.3 Å². The van der Waals surface area contributed by atoms with E-state index < -0.39 is 0 Å². The quantitative estimate of drug-likeness (QED) is 0.181. The highest BCUT2D eigenvalue weighted by Crippen LogP contribution is 2.46. The second-order valence-corrected chi connectivity index (χ2v) is 16.7. The molecule has 1 saturated heterocycles. The fraction of sp³-hybridized carbons (Fsp3) is 0.176. The summed E-state index contributed by atoms with van der Waals surface area (Å²) in [6, 6.07) is 37.6. The van der Waals surface area contributed by atoms with Gasteiger partial charge < -0.3 is 9.15 Å². The van der Waals surface area contributed by atoms with Crippen LogP contribution in [-0.4, -0.2) is 22.2 Å². The lowest BCUT2D eigenvalue weighted by molar-refractivity contribution is 0.0752. The molecule has 1 aliphatic heterocycles. The van der Waals surface area contributed by atoms with Gasteiger partial charge >= 0.3 is 0 Å². The largest absolute Gasteiger partial charge is 0.456 e. The number of hydrogen-bond acceptors (Lipinski definition) is 5. The molecule has 4 aliphatic rings. The van der Waals surface area contributed by atoms with Crippen molar-refractivity contribution >= 4 is 59.2 Å². The van der Waals surface area contributed by atoms with Gasteiger partial charge in [0, 0.05) is 38.8 Å². The molecule has 5 aromatic carbocycles. The smallest absolute Gasteiger partial charge is 0.160 e. The van der Waals surface area contributed by atoms with E-state index in [1.54, 1.807) is 11.3 Å². The van der Waals surface area contributed by atoms with Gasteiger partial charge in [-0.3, -0.25) is 0 Å². The molecule has 3 aliphatic carbocycles. The summed E-state index contributed by atoms with van der Waals surface area (Å²) in [5.41, 5.74) is 15.4. The Balaban J connectivity index is 0.961. The SMILES string of the molecule is C1=CC2OC3CC(c4nc(-c5ccc6c(c5)oc5ccc(-c7cccc8c7CCCCCc7ccccc7-8)cc56)nc5c4sc4ccccc45)=CC=C3C2C=C1. The van der Waals surface area contributed by atoms with Crippen molar-refractivity contribution in [3.8, 4) is 33.6 Å². The van der Waals surface area contributed by atoms with Crippen LogP contribution in [0.1, 0.15) is 42.5 Å². The van der Waals surface area contributed by atoms with Gasteiger partial charge in [0.05, 0.1) is 28.1 Å². The van der Waals surface area contributed by atoms with Crippen LogP contribution in [0.25, 0.3) is 81.5 Å². The first-order valence-electron chi connectivity index (χ1n) is 20.0. The molecule has 1 fully saturated rings. The zero-order valence-electron chi connectivity index (χ0n) is 30.9. The van der Waals surface area contributed by atoms with E-state index in [-0.39, 0.29) is 12.2 Å². The van der Waals surface area contributed by atoms with E-state index in [0.717, 1.165) is 68.1 Å². The second-order valence-electron chi connectivity index (χ2n) is 15.7. The average Bonchev–Trinajstić information content (AvgIpc) is 3.95. The molecular weight excluding hydrogens is 705 g/mol. The molecule has 0 N–H and O–H groups in total. The number of benzene rings is 5. The van der Waals surface area contributed by atoms with Crippen LogP contribution in [0.5, 0.6) is 0 Å². The Labute approximate surface area is 329 Å². The molecule has 12 rings (SSSR count). The van der Waals surface area contributed by atoms with Gasteiger partial charge in [-0.15, -0.1) is 11.3 Å². The fourth-order valence-electron chi connectivity index (χ4n) is 9.72. The topological polar surface area (TPSA) is 48.2 Å². The third kappa shape index (κ3) is 5.14. The highest BCUT2D eigenvalue weighted by atomic mass is 32.1. The van der Waals surface area contributed by atoms with Crippen molar-refractivity contribution in [2.75, 3.05) is 0 Å². The molecule has 0 radical (unpaired) electrons. The molecule has 3 aromatic heterocycles. The predicted molar refractivity (Wildman–Crippen MR) is 231 cm³/mol. The van der Waals surface area contributed by atoms with Crippen molar-refractivity contribution < 1.29 is 9.15 Å². The number of hydrogen-bond donors (Lipinski definition) is 0. The number of allylic oxidation sites excluding steroid dienone is 4. The number of aromatic nitrogens is 2. The van der Waals surface area contributed by atoms with E-state index >= 15 is 0 Å². The average molecular weight is 743 g/mol. The highest BCUT2D eigenvalue weighted by molar-refractivity contribution is 7.26. The zero-order valence-corrected chi connectivity index (χ0v) is 31.7. The summed E-state index contributed by atoms with van der Waals surface area (Å²) in [6.07, 6.45) is 20.1. The minimum Gasteiger partial charge on any atom is -0.456 e. The Hall–Kier alpha value is -5.88. The van der Waals surface area contributed by atoms with Gasteiger partial charge in [-0.1, -0.05) is 116 Å². The number of aryl methyl sites for hydroxylation is 1. The molecule has 270 valence electrons. The molecule has 56 heavy (non-hydrogen) atoms. The lowest BCUT2D eigenvalue weighted by Gasteiger charge is -2.20. The van der Waals surface area contributed by atoms with Crippen LogP contribution in [0.4, 0.5) is 0 Å². The highest BCUT2D eigenvalue weighted by Gasteiger charge is 2.39. The summed E-state index contributed by atoms with van der Waals surface area (Å²) in [6.45, 7) is 0. The van der Waals surface area contributed by atoms with Gasteiger partial charge in [0.25, 0.3) is 0 Å². The van der Waals surface area contributed by atoms with E-state index in [4.69, 9.17) is 19.1 Å². The van der Waals surface area contributed by atoms with Gasteiger partial charge in [0.15, 0.2) is 5.82 Å². The van der Waals surface area contributed by atoms with Crippen molar-refractivity contribution in [1.29, 1.82) is 0 Å². The number of fused-ring (bicyclic) bond motifs is 12. The van der Waals surface area contributed by atoms with Crippen molar-refractivity contribution in [2.24, 2.45) is 5.92 Å². The van der Waals surface area contributed by atoms with Crippen LogP contribution in [0.3, 0.4) is 0 Å². The van der Waals surface area contributed by atoms with Crippen molar-refractivity contribution in [3.05, 3.63) is 162 Å². The first kappa shape index (κ1) is 32.4. The first-order chi connectivity index (χ1) is 27.7. The number of ether oxygens (including phenoxy) is 1. The number of nitrogens with zero attached hydrogens (tertiary/aromatic N) is 2. The minimum atomic E-state index is 0.0488. The van der Waals surface area contributed by atoms with E-state index in [2.05, 4.69) is 140 Å². The normalized spacial score (nSPS) is 20.2. The maximum atomic E-state index is 6.60. The Kier molecular flexibility index (Phi) is 7.42. The summed E-state index contributed by atoms with van der Waals surface area (Å²) in [4.78, 5) is 10.6. The monoisotopic (exact) mass is 742 g/mol. The molecule has 0 amide bonds. The molecule has 3 unspecified atom stereocenters. The predicted octanol–water partition coefficient (Wildman–Crippen LogP) is 13.2. The van der Waals surface area contributed by atoms with Gasteiger partial charge in [-0.2, -0.15) is 0 Å². The van der Waals surface area contributed by atoms with E-state index in [0.29, 0.717) is 11.7 Å². The standard InChI is InChI=1S/C51H38N2O2S/c1-2-11-30-12-4-5-13-34(30)37-18-10-17-35(36(37)14-3-1)31-23-26-44-42(27-31)40-25-22-33(29-46(40)55-44)51-52-48(50-49(53-51)41-16-7-9-20-47(41)56-50)32-21-24-39-38-15-6-8-19-43(38)54-45(39)28-32/h4-10,12-13,15-27,29,38,43,45H,1-3,11,14,28H2. The molecular formula is C51H38N2O2S. The number of thiophene rings is 1. The van der Waals surface area contributed by atoms with Crippen LogP contribution in [-0.2, 0) is 17.6 Å². The van der Waals surface area contributed by atoms with Gasteiger partial charge in [-0.05, 0) is 101 Å². The fourth-order valence-corrected chi connectivity index (χ4v) is 10.9. The summed E-state index contributed by atoms with van der Waals surface area (Å²) >= 11 is 1.78. The van der Waals surface area contributed by atoms with Crippen LogP contribution in [0.15, 0.2) is 150 Å². The van der Waals surface area contributed by atoms with Crippen LogP contribution < -0.4 is 0 Å². The number of furan rings is 1. The molecule has 3 atom stereocenters. The molecule has 8 aromatic rings. The third-order valence-electron chi connectivity index (χ3n) is 12.5. The van der Waals surface area contributed by atoms with E-state index in [1.165, 1.54) is 68.5 Å². The summed E-state index contributed by atoms with van der Waals surface area (Å²) in [5, 5.41) is 3.39. The van der Waals surface area contributed by atoms with E-state index in [1.807, 2.05) is 0 Å². The van der Waals surface area contributed by atoms with Gasteiger partial charge in [0.1, 0.15) is 11.2 Å². The molecule has 4 heterocycles. The minimum absolute atomic E-state index is 0.0488. The van der Waals surface area contributed by atoms with E-state index in [9.17, 15) is 0 Å². The summed E-state index contributed by atoms with van der Waals surface area (Å²) < 4.78 is 15.5. The second kappa shape index (κ2) is 12.8. The van der Waals surface area contributed by atoms with Crippen molar-refractivity contribution in [3.63, 3.8) is 0 Å². The van der Waals surface area contributed by atoms with Crippen LogP contribution in [0.2, 0.25) is 0 Å². The van der Waals surface area contributed by atoms with Crippen molar-refractivity contribution in [1.82, 2.24) is 9.97 Å². The lowest BCUT2D eigenvalue weighted by atomic mass is 9.85. The molecule has 0 bridgehead atoms. The van der Waals surface area contributed by atoms with Gasteiger partial charge in [0.2, 0.25) is 0 Å². The maximum Gasteiger partial charge on any atom is 0.160 e. The molecule has 5 heteroatoms. The van der Waals surface area contributed by atoms with Crippen molar-refractivity contribution in [2.45, 2.75) is 50.7 Å². The third-order valence-corrected chi connectivity index (χ3v) is 13.6. The first-order valence-corrected chi connectivity index (χ1v) is 20.8. The Morgan fingerprint density at radius 1 is 0.643 bits per heavy atom. The summed E-state index contributed by atoms with van der Waals surface area (Å²) in [7, 11) is 0. The van der Waals surface area contributed by atoms with Crippen LogP contribution in [0, 0.1) is 5.92 Å².